The van der Waals surface area contributed by atoms with Crippen LogP contribution in [0, 0.1) is 0 Å². The number of rotatable bonds is 4. The van der Waals surface area contributed by atoms with Crippen LogP contribution < -0.4 is 16.0 Å². The van der Waals surface area contributed by atoms with Gasteiger partial charge in [-0.05, 0) is 6.92 Å². The number of hydrogen-bond acceptors (Lipinski definition) is 2. The van der Waals surface area contributed by atoms with Crippen molar-refractivity contribution < 1.29 is 22.8 Å². The van der Waals surface area contributed by atoms with Crippen LogP contribution in [0.2, 0.25) is 0 Å². The predicted molar refractivity (Wildman–Crippen MR) is 46.1 cm³/mol. The Morgan fingerprint density at radius 1 is 1.13 bits per heavy atom. The zero-order chi connectivity index (χ0) is 11.9. The van der Waals surface area contributed by atoms with Crippen molar-refractivity contribution in [3.8, 4) is 0 Å². The zero-order valence-corrected chi connectivity index (χ0v) is 8.07. The van der Waals surface area contributed by atoms with Gasteiger partial charge in [0, 0.05) is 6.54 Å². The lowest BCUT2D eigenvalue weighted by Gasteiger charge is -2.09. The molecule has 88 valence electrons. The lowest BCUT2D eigenvalue weighted by Crippen LogP contribution is -2.44. The van der Waals surface area contributed by atoms with Gasteiger partial charge in [0.2, 0.25) is 5.91 Å². The molecule has 0 saturated carbocycles. The average Bonchev–Trinajstić information content (AvgIpc) is 2.11. The fourth-order valence-corrected chi connectivity index (χ4v) is 0.663. The van der Waals surface area contributed by atoms with Crippen LogP contribution in [-0.4, -0.2) is 37.7 Å². The Morgan fingerprint density at radius 2 is 1.73 bits per heavy atom. The van der Waals surface area contributed by atoms with Crippen LogP contribution in [0.4, 0.5) is 18.0 Å². The molecule has 0 aliphatic rings. The molecular formula is C7H12F3N3O2. The minimum absolute atomic E-state index is 0.350. The molecule has 0 bridgehead atoms. The van der Waals surface area contributed by atoms with E-state index in [1.165, 1.54) is 0 Å². The van der Waals surface area contributed by atoms with Crippen LogP contribution in [0.1, 0.15) is 6.92 Å². The van der Waals surface area contributed by atoms with E-state index in [9.17, 15) is 22.8 Å². The molecule has 0 aromatic rings. The van der Waals surface area contributed by atoms with Gasteiger partial charge in [0.25, 0.3) is 0 Å². The Morgan fingerprint density at radius 3 is 2.20 bits per heavy atom. The summed E-state index contributed by atoms with van der Waals surface area (Å²) in [5, 5.41) is 5.91. The first-order valence-corrected chi connectivity index (χ1v) is 4.20. The van der Waals surface area contributed by atoms with Gasteiger partial charge >= 0.3 is 12.2 Å². The molecule has 0 unspecified atom stereocenters. The van der Waals surface area contributed by atoms with Gasteiger partial charge in [-0.3, -0.25) is 4.79 Å². The second kappa shape index (κ2) is 6.10. The lowest BCUT2D eigenvalue weighted by molar-refractivity contribution is -0.122. The molecular weight excluding hydrogens is 215 g/mol. The van der Waals surface area contributed by atoms with Gasteiger partial charge < -0.3 is 16.0 Å². The van der Waals surface area contributed by atoms with Crippen molar-refractivity contribution in [1.82, 2.24) is 16.0 Å². The summed E-state index contributed by atoms with van der Waals surface area (Å²) < 4.78 is 34.8. The van der Waals surface area contributed by atoms with Crippen LogP contribution in [0.25, 0.3) is 0 Å². The number of hydrogen-bond donors (Lipinski definition) is 3. The second-order valence-electron chi connectivity index (χ2n) is 2.60. The van der Waals surface area contributed by atoms with Crippen LogP contribution in [0.5, 0.6) is 0 Å². The first-order chi connectivity index (χ1) is 6.85. The molecule has 0 rings (SSSR count). The maximum absolute atomic E-state index is 11.6. The molecule has 5 nitrogen and oxygen atoms in total. The van der Waals surface area contributed by atoms with Gasteiger partial charge in [-0.2, -0.15) is 13.2 Å². The molecule has 0 saturated heterocycles. The number of carbonyl (C=O) groups excluding carboxylic acids is 2. The quantitative estimate of drug-likeness (QED) is 0.632. The number of urea groups is 1. The fourth-order valence-electron chi connectivity index (χ4n) is 0.663. The van der Waals surface area contributed by atoms with Gasteiger partial charge in [0.05, 0.1) is 6.54 Å². The summed E-state index contributed by atoms with van der Waals surface area (Å²) in [6.07, 6.45) is -4.46. The van der Waals surface area contributed by atoms with Crippen LogP contribution >= 0.6 is 0 Å². The third kappa shape index (κ3) is 8.85. The Kier molecular flexibility index (Phi) is 5.50. The standard InChI is InChI=1S/C7H12F3N3O2/c1-2-11-5(14)3-12-6(15)13-4-7(8,9)10/h2-4H2,1H3,(H,11,14)(H2,12,13,15). The molecule has 0 radical (unpaired) electrons. The van der Waals surface area contributed by atoms with E-state index in [4.69, 9.17) is 0 Å². The molecule has 0 aromatic heterocycles. The van der Waals surface area contributed by atoms with E-state index in [1.807, 2.05) is 5.32 Å². The number of alkyl halides is 3. The summed E-state index contributed by atoms with van der Waals surface area (Å²) in [5.74, 6) is -0.459. The second-order valence-corrected chi connectivity index (χ2v) is 2.60. The molecule has 0 aliphatic heterocycles. The number of likely N-dealkylation sites (N-methyl/N-ethyl adjacent to an activating group) is 1. The zero-order valence-electron chi connectivity index (χ0n) is 8.07. The largest absolute Gasteiger partial charge is 0.405 e. The molecule has 8 heteroatoms. The van der Waals surface area contributed by atoms with Crippen LogP contribution in [0.15, 0.2) is 0 Å². The summed E-state index contributed by atoms with van der Waals surface area (Å²) in [4.78, 5) is 21.5. The highest BCUT2D eigenvalue weighted by Gasteiger charge is 2.27. The maximum atomic E-state index is 11.6. The summed E-state index contributed by atoms with van der Waals surface area (Å²) in [7, 11) is 0. The molecule has 0 atom stereocenters. The Balaban J connectivity index is 3.62. The van der Waals surface area contributed by atoms with Crippen molar-refractivity contribution in [2.45, 2.75) is 13.1 Å². The van der Waals surface area contributed by atoms with Crippen LogP contribution in [-0.2, 0) is 4.79 Å². The van der Waals surface area contributed by atoms with E-state index in [0.29, 0.717) is 6.54 Å². The molecule has 0 fully saturated rings. The van der Waals surface area contributed by atoms with Crippen molar-refractivity contribution >= 4 is 11.9 Å². The van der Waals surface area contributed by atoms with E-state index < -0.39 is 24.7 Å². The molecule has 0 spiro atoms. The molecule has 0 heterocycles. The van der Waals surface area contributed by atoms with Crippen LogP contribution in [0.3, 0.4) is 0 Å². The highest BCUT2D eigenvalue weighted by Crippen LogP contribution is 2.11. The van der Waals surface area contributed by atoms with Crippen molar-refractivity contribution in [2.24, 2.45) is 0 Å². The van der Waals surface area contributed by atoms with E-state index in [-0.39, 0.29) is 6.54 Å². The summed E-state index contributed by atoms with van der Waals surface area (Å²) in [6, 6.07) is -1.03. The van der Waals surface area contributed by atoms with Gasteiger partial charge in [0.15, 0.2) is 0 Å². The molecule has 0 aromatic carbocycles. The van der Waals surface area contributed by atoms with Gasteiger partial charge in [-0.1, -0.05) is 0 Å². The fraction of sp³-hybridized carbons (Fsp3) is 0.714. The molecule has 3 amide bonds. The highest BCUT2D eigenvalue weighted by molar-refractivity contribution is 5.83. The Bertz CT molecular complexity index is 230. The van der Waals surface area contributed by atoms with Crippen molar-refractivity contribution in [3.05, 3.63) is 0 Å². The number of halogens is 3. The maximum Gasteiger partial charge on any atom is 0.405 e. The minimum Gasteiger partial charge on any atom is -0.355 e. The number of carbonyl (C=O) groups is 2. The van der Waals surface area contributed by atoms with E-state index in [0.717, 1.165) is 0 Å². The number of nitrogens with one attached hydrogen (secondary N) is 3. The summed E-state index contributed by atoms with van der Waals surface area (Å²) in [5.41, 5.74) is 0. The average molecular weight is 227 g/mol. The smallest absolute Gasteiger partial charge is 0.355 e. The summed E-state index contributed by atoms with van der Waals surface area (Å²) >= 11 is 0. The predicted octanol–water partition coefficient (Wildman–Crippen LogP) is -0.0160. The normalized spacial score (nSPS) is 10.7. The van der Waals surface area contributed by atoms with E-state index >= 15 is 0 Å². The Hall–Kier alpha value is -1.47. The molecule has 3 N–H and O–H groups in total. The number of amides is 3. The van der Waals surface area contributed by atoms with Crippen molar-refractivity contribution in [1.29, 1.82) is 0 Å². The third-order valence-electron chi connectivity index (χ3n) is 1.23. The van der Waals surface area contributed by atoms with Gasteiger partial charge in [-0.15, -0.1) is 0 Å². The SMILES string of the molecule is CCNC(=O)CNC(=O)NCC(F)(F)F. The summed E-state index contributed by atoms with van der Waals surface area (Å²) in [6.45, 7) is 0.304. The third-order valence-corrected chi connectivity index (χ3v) is 1.23. The molecule has 0 aliphatic carbocycles. The van der Waals surface area contributed by atoms with Gasteiger partial charge in [-0.25, -0.2) is 4.79 Å². The Labute approximate surface area is 84.4 Å². The van der Waals surface area contributed by atoms with Crippen molar-refractivity contribution in [3.63, 3.8) is 0 Å². The monoisotopic (exact) mass is 227 g/mol. The lowest BCUT2D eigenvalue weighted by atomic mass is 10.5. The van der Waals surface area contributed by atoms with Crippen molar-refractivity contribution in [2.75, 3.05) is 19.6 Å². The van der Waals surface area contributed by atoms with Gasteiger partial charge in [0.1, 0.15) is 6.54 Å². The highest BCUT2D eigenvalue weighted by atomic mass is 19.4. The first kappa shape index (κ1) is 13.5. The molecule has 15 heavy (non-hydrogen) atoms. The van der Waals surface area contributed by atoms with E-state index in [2.05, 4.69) is 5.32 Å². The minimum atomic E-state index is -4.46. The van der Waals surface area contributed by atoms with E-state index in [1.54, 1.807) is 12.2 Å². The first-order valence-electron chi connectivity index (χ1n) is 4.20. The topological polar surface area (TPSA) is 70.2 Å².